The van der Waals surface area contributed by atoms with E-state index >= 15 is 0 Å². The molecule has 476 valence electrons. The minimum atomic E-state index is -1.09. The molecule has 10 heterocycles. The van der Waals surface area contributed by atoms with E-state index in [-0.39, 0.29) is 106 Å². The van der Waals surface area contributed by atoms with Crippen LogP contribution in [0.3, 0.4) is 0 Å². The van der Waals surface area contributed by atoms with Crippen molar-refractivity contribution in [3.8, 4) is 22.3 Å². The number of primary amides is 2. The third-order valence-electron chi connectivity index (χ3n) is 15.6. The number of aromatic nitrogens is 10. The zero-order valence-electron chi connectivity index (χ0n) is 50.3. The lowest BCUT2D eigenvalue weighted by Crippen LogP contribution is -2.46. The number of nitrogens with two attached hydrogens (primary N) is 2. The number of carbonyl (C=O) groups excluding carboxylic acids is 5. The fourth-order valence-corrected chi connectivity index (χ4v) is 11.3. The van der Waals surface area contributed by atoms with Crippen LogP contribution in [0.1, 0.15) is 93.4 Å². The molecule has 2 aromatic carbocycles. The van der Waals surface area contributed by atoms with E-state index in [0.717, 1.165) is 62.0 Å². The first-order valence-corrected chi connectivity index (χ1v) is 30.2. The number of aliphatic carboxylic acids is 1. The van der Waals surface area contributed by atoms with Crippen LogP contribution in [-0.2, 0) is 67.5 Å². The lowest BCUT2D eigenvalue weighted by molar-refractivity contribution is -0.139. The number of halogens is 3. The largest absolute Gasteiger partial charge is 0.480 e. The fraction of sp³-hybridized carbons (Fsp3) is 0.312. The van der Waals surface area contributed by atoms with Crippen molar-refractivity contribution >= 4 is 117 Å². The van der Waals surface area contributed by atoms with Crippen LogP contribution >= 0.6 is 25.9 Å². The predicted octanol–water partition coefficient (Wildman–Crippen LogP) is 8.35. The monoisotopic (exact) mass is 1310 g/mol. The lowest BCUT2D eigenvalue weighted by atomic mass is 10.0. The molecule has 10 aromatic rings. The molecule has 0 spiro atoms. The van der Waals surface area contributed by atoms with E-state index in [9.17, 15) is 37.5 Å². The minimum absolute atomic E-state index is 0. The second-order valence-corrected chi connectivity index (χ2v) is 22.2. The number of fused-ring (bicyclic) bond motifs is 4. The number of hydrogen-bond donors (Lipinski definition) is 4. The average molecular weight is 1320 g/mol. The van der Waals surface area contributed by atoms with Crippen molar-refractivity contribution < 1.29 is 42.7 Å². The van der Waals surface area contributed by atoms with Crippen LogP contribution in [0.4, 0.5) is 8.78 Å². The number of alkyl halides is 2. The summed E-state index contributed by atoms with van der Waals surface area (Å²) < 4.78 is 34.2. The van der Waals surface area contributed by atoms with Crippen molar-refractivity contribution in [2.45, 2.75) is 117 Å². The summed E-state index contributed by atoms with van der Waals surface area (Å²) in [6, 6.07) is 24.9. The van der Waals surface area contributed by atoms with E-state index in [0.29, 0.717) is 59.7 Å². The summed E-state index contributed by atoms with van der Waals surface area (Å²) in [6.07, 6.45) is 11.0. The minimum Gasteiger partial charge on any atom is -0.480 e. The number of Topliss-reactive ketones (excluding diaryl/α,β-unsaturated/α-hetero) is 2. The van der Waals surface area contributed by atoms with Gasteiger partial charge in [0.2, 0.25) is 5.91 Å². The molecule has 6 N–H and O–H groups in total. The van der Waals surface area contributed by atoms with Crippen molar-refractivity contribution in [1.29, 1.82) is 0 Å². The number of nitrogens with one attached hydrogen (secondary N) is 1. The van der Waals surface area contributed by atoms with Gasteiger partial charge in [0.1, 0.15) is 25.4 Å². The summed E-state index contributed by atoms with van der Waals surface area (Å²) >= 11 is 7.33. The van der Waals surface area contributed by atoms with E-state index in [1.165, 1.54) is 15.7 Å². The number of ketones is 2. The first-order valence-electron chi connectivity index (χ1n) is 28.8. The van der Waals surface area contributed by atoms with E-state index in [2.05, 4.69) is 57.8 Å². The summed E-state index contributed by atoms with van der Waals surface area (Å²) in [6.45, 7) is 7.88. The second kappa shape index (κ2) is 31.3. The van der Waals surface area contributed by atoms with E-state index in [1.807, 2.05) is 113 Å². The first kappa shape index (κ1) is 69.7. The van der Waals surface area contributed by atoms with Gasteiger partial charge in [-0.1, -0.05) is 24.3 Å². The Labute approximate surface area is 545 Å². The van der Waals surface area contributed by atoms with Gasteiger partial charge >= 0.3 is 5.97 Å². The van der Waals surface area contributed by atoms with Gasteiger partial charge in [-0.2, -0.15) is 23.7 Å². The number of carboxylic acids is 1. The van der Waals surface area contributed by atoms with Gasteiger partial charge in [-0.3, -0.25) is 38.7 Å². The average Bonchev–Trinajstić information content (AvgIpc) is 1.80. The molecule has 8 aromatic heterocycles. The number of hydrogen-bond acceptors (Lipinski definition) is 15. The van der Waals surface area contributed by atoms with Crippen LogP contribution < -0.4 is 16.8 Å². The number of nitrogens with zero attached hydrogens (tertiary/aromatic N) is 11. The fourth-order valence-electron chi connectivity index (χ4n) is 11.3. The van der Waals surface area contributed by atoms with Crippen LogP contribution in [-0.4, -0.2) is 131 Å². The van der Waals surface area contributed by atoms with E-state index in [1.54, 1.807) is 44.3 Å². The maximum Gasteiger partial charge on any atom is 0.323 e. The van der Waals surface area contributed by atoms with Crippen molar-refractivity contribution in [1.82, 2.24) is 58.5 Å². The quantitative estimate of drug-likeness (QED) is 0.0795. The highest BCUT2D eigenvalue weighted by atomic mass is 35.5. The molecule has 21 nitrogen and oxygen atoms in total. The zero-order chi connectivity index (χ0) is 63.6. The van der Waals surface area contributed by atoms with E-state index < -0.39 is 36.2 Å². The van der Waals surface area contributed by atoms with Crippen LogP contribution in [0, 0.1) is 27.7 Å². The highest BCUT2D eigenvalue weighted by molar-refractivity contribution is 8.07. The van der Waals surface area contributed by atoms with Gasteiger partial charge in [-0.15, -0.1) is 12.4 Å². The first-order chi connectivity index (χ1) is 42.7. The third kappa shape index (κ3) is 17.2. The Morgan fingerprint density at radius 3 is 1.57 bits per heavy atom. The summed E-state index contributed by atoms with van der Waals surface area (Å²) in [5.74, 6) is -2.61. The van der Waals surface area contributed by atoms with Crippen LogP contribution in [0.2, 0.25) is 0 Å². The Kier molecular flexibility index (Phi) is 23.9. The molecule has 3 amide bonds. The maximum atomic E-state index is 14.5. The summed E-state index contributed by atoms with van der Waals surface area (Å²) in [7, 11) is 0. The summed E-state index contributed by atoms with van der Waals surface area (Å²) in [5.41, 5.74) is 22.6. The molecule has 2 unspecified atom stereocenters. The number of pyridine rings is 2. The molecule has 27 heteroatoms. The molecule has 2 aliphatic heterocycles. The number of benzene rings is 2. The molecular weight excluding hydrogens is 1250 g/mol. The van der Waals surface area contributed by atoms with Gasteiger partial charge in [-0.25, -0.2) is 27.8 Å². The predicted molar refractivity (Wildman–Crippen MR) is 354 cm³/mol. The number of carbonyl (C=O) groups is 6. The smallest absolute Gasteiger partial charge is 0.323 e. The Morgan fingerprint density at radius 2 is 1.08 bits per heavy atom. The third-order valence-corrected chi connectivity index (χ3v) is 15.6. The van der Waals surface area contributed by atoms with Gasteiger partial charge in [0.05, 0.1) is 47.4 Å². The van der Waals surface area contributed by atoms with Crippen molar-refractivity contribution in [2.75, 3.05) is 13.1 Å². The van der Waals surface area contributed by atoms with E-state index in [4.69, 9.17) is 16.6 Å². The van der Waals surface area contributed by atoms with Crippen LogP contribution in [0.15, 0.2) is 122 Å². The van der Waals surface area contributed by atoms with Gasteiger partial charge in [0.25, 0.3) is 11.8 Å². The summed E-state index contributed by atoms with van der Waals surface area (Å²) in [4.78, 5) is 93.7. The topological polar surface area (TPSA) is 286 Å². The van der Waals surface area contributed by atoms with Gasteiger partial charge in [0.15, 0.2) is 22.9 Å². The van der Waals surface area contributed by atoms with Crippen molar-refractivity contribution in [2.24, 2.45) is 11.5 Å². The number of aryl methyl sites for hydroxylation is 4. The van der Waals surface area contributed by atoms with Gasteiger partial charge in [0, 0.05) is 134 Å². The summed E-state index contributed by atoms with van der Waals surface area (Å²) in [5, 5.41) is 22.2. The number of amides is 3. The van der Waals surface area contributed by atoms with Crippen LogP contribution in [0.25, 0.3) is 55.4 Å². The second-order valence-electron chi connectivity index (χ2n) is 22.2. The Morgan fingerprint density at radius 1 is 0.593 bits per heavy atom. The molecule has 0 saturated carbocycles. The standard InChI is InChI=1S/C32H32FN7O3.C18H15N5O3.C14H19FN2O.ClH.S2.H2S/c1-19-4-3-5-24(36-19)14-29(41)28-9-7-23(33)10-11-39(28)31(42)18-38-17-26(32(34)43)25-13-21(6-8-27(25)38)22-15-35-30-12-20(2)37-40(30)16-22;1-10-4-16-20-6-12(7-23(16)21-10)11-2-3-15-13(5-11)14(18(19)26)8-22(15)9-17(24)25;1-10-3-2-4-12(17-10)9-14(18)13-6-5-11(15)7-8-16-13;;1-2;/h3-6,8,12-13,15-17,23,28H,7,9-11,14,18H2,1-2H3,(H2,34,43);2-8H,9H2,1H3,(H2,19,26)(H,24,25);2-4,11,13,16H,5-9H2,1H3;1H;;1H2/t23?,28-;;11?,13-;;;/m0.0.../s1. The van der Waals surface area contributed by atoms with Gasteiger partial charge in [-0.05, 0) is 132 Å². The van der Waals surface area contributed by atoms with Crippen LogP contribution in [0.5, 0.6) is 0 Å². The highest BCUT2D eigenvalue weighted by Gasteiger charge is 2.34. The Bertz CT molecular complexity index is 4310. The normalized spacial score (nSPS) is 16.3. The number of likely N-dealkylation sites (tertiary alicyclic amines) is 1. The SMILES string of the molecule is Cc1cc2ncc(-c3ccc4c(c3)c(C(N)=O)cn4CC(=O)O)cn2n1.Cc1cccc(CC(=O)[C@@H]2CCC(F)CCN2)n1.Cc1cccc(CC(=O)[C@@H]2CCC(F)CCN2C(=O)Cn2cc(C(N)=O)c3cc(-c4cnc5cc(C)nn5c4)ccc32)n1.Cl.S.S=S. The Hall–Kier alpha value is -8.82. The molecule has 0 radical (unpaired) electrons. The van der Waals surface area contributed by atoms with Gasteiger partial charge < -0.3 is 35.9 Å². The number of carboxylic acid groups (broad SMARTS) is 1. The highest BCUT2D eigenvalue weighted by Crippen LogP contribution is 2.31. The molecule has 12 rings (SSSR count). The number of rotatable bonds is 14. The molecule has 91 heavy (non-hydrogen) atoms. The molecule has 2 fully saturated rings. The maximum absolute atomic E-state index is 14.5. The molecule has 0 bridgehead atoms. The molecule has 2 aliphatic rings. The molecular formula is C64H69ClF2N14O7S3. The van der Waals surface area contributed by atoms with Crippen molar-refractivity contribution in [3.05, 3.63) is 167 Å². The molecule has 4 atom stereocenters. The zero-order valence-corrected chi connectivity index (χ0v) is 53.7. The lowest BCUT2D eigenvalue weighted by Gasteiger charge is -2.29. The Balaban J connectivity index is 0.000000208. The molecule has 0 aliphatic carbocycles. The molecule has 2 saturated heterocycles. The van der Waals surface area contributed by atoms with Crippen molar-refractivity contribution in [3.63, 3.8) is 0 Å².